The van der Waals surface area contributed by atoms with Gasteiger partial charge in [0.05, 0.1) is 11.3 Å². The molecule has 1 aromatic rings. The van der Waals surface area contributed by atoms with Crippen molar-refractivity contribution in [3.8, 4) is 0 Å². The minimum atomic E-state index is -4.20. The number of hydrogen-bond acceptors (Lipinski definition) is 3. The van der Waals surface area contributed by atoms with Gasteiger partial charge in [-0.2, -0.15) is 8.42 Å². The van der Waals surface area contributed by atoms with Crippen molar-refractivity contribution >= 4 is 16.1 Å². The molecule has 0 aliphatic rings. The fourth-order valence-electron chi connectivity index (χ4n) is 0.954. The quantitative estimate of drug-likeness (QED) is 0.457. The Kier molecular flexibility index (Phi) is 5.47. The van der Waals surface area contributed by atoms with Crippen LogP contribution in [-0.4, -0.2) is 24.0 Å². The minimum absolute atomic E-state index is 0. The van der Waals surface area contributed by atoms with Crippen LogP contribution in [0.1, 0.15) is 6.99 Å². The molecule has 0 aliphatic carbocycles. The summed E-state index contributed by atoms with van der Waals surface area (Å²) in [7, 11) is -4.20. The summed E-state index contributed by atoms with van der Waals surface area (Å²) in [6.07, 6.45) is -0.175. The Balaban J connectivity index is 0. The number of carboxylic acids is 1. The van der Waals surface area contributed by atoms with Crippen molar-refractivity contribution in [2.24, 2.45) is 0 Å². The van der Waals surface area contributed by atoms with Crippen molar-refractivity contribution in [2.75, 3.05) is 0 Å². The molecule has 7 heteroatoms. The third-order valence-corrected chi connectivity index (χ3v) is 2.44. The Labute approximate surface area is 111 Å². The monoisotopic (exact) mass is 240 g/mol. The molecule has 15 heavy (non-hydrogen) atoms. The van der Waals surface area contributed by atoms with Gasteiger partial charge in [-0.1, -0.05) is 12.1 Å². The molecule has 2 N–H and O–H groups in total. The number of benzene rings is 1. The third kappa shape index (κ3) is 4.76. The third-order valence-electron chi connectivity index (χ3n) is 1.58. The molecule has 78 valence electrons. The van der Waals surface area contributed by atoms with Gasteiger partial charge in [-0.25, -0.2) is 0 Å². The molecule has 0 unspecified atom stereocenters. The first-order chi connectivity index (χ1) is 6.39. The number of aliphatic carboxylic acids is 1. The van der Waals surface area contributed by atoms with Crippen LogP contribution in [0.5, 0.6) is 0 Å². The van der Waals surface area contributed by atoms with Gasteiger partial charge in [-0.3, -0.25) is 9.35 Å². The van der Waals surface area contributed by atoms with Gasteiger partial charge < -0.3 is 6.53 Å². The van der Waals surface area contributed by atoms with Crippen LogP contribution in [0, 0.1) is 0 Å². The van der Waals surface area contributed by atoms with Crippen molar-refractivity contribution < 1.29 is 53.9 Å². The van der Waals surface area contributed by atoms with E-state index in [2.05, 4.69) is 0 Å². The van der Waals surface area contributed by atoms with Gasteiger partial charge >= 0.3 is 35.5 Å². The topological polar surface area (TPSA) is 91.7 Å². The van der Waals surface area contributed by atoms with E-state index >= 15 is 0 Å². The second-order valence-corrected chi connectivity index (χ2v) is 4.11. The fraction of sp³-hybridized carbons (Fsp3) is 0.125. The maximum atomic E-state index is 10.6. The normalized spacial score (nSPS) is 10.5. The molecule has 0 saturated heterocycles. The molecule has 0 spiro atoms. The van der Waals surface area contributed by atoms with E-state index in [1.807, 2.05) is 0 Å². The van der Waals surface area contributed by atoms with Crippen molar-refractivity contribution in [1.29, 1.82) is 0 Å². The molecular formula is C8H9NaO5S. The standard InChI is InChI=1S/C8H8O5S.Na.H/c9-8(10)5-6-1-3-7(4-2-6)14(11,12)13;;/h1-4H,5H2,(H,9,10)(H,11,12,13);;/q;+1;-1. The van der Waals surface area contributed by atoms with E-state index in [9.17, 15) is 13.2 Å². The van der Waals surface area contributed by atoms with E-state index in [-0.39, 0.29) is 42.3 Å². The van der Waals surface area contributed by atoms with Crippen molar-refractivity contribution in [2.45, 2.75) is 11.3 Å². The zero-order valence-electron chi connectivity index (χ0n) is 9.04. The van der Waals surface area contributed by atoms with Gasteiger partial charge in [0, 0.05) is 0 Å². The molecule has 1 aromatic carbocycles. The van der Waals surface area contributed by atoms with Gasteiger partial charge in [0.2, 0.25) is 0 Å². The summed E-state index contributed by atoms with van der Waals surface area (Å²) < 4.78 is 29.8. The molecule has 1 rings (SSSR count). The van der Waals surface area contributed by atoms with Crippen molar-refractivity contribution in [3.05, 3.63) is 29.8 Å². The number of carboxylic acid groups (broad SMARTS) is 1. The maximum Gasteiger partial charge on any atom is 1.00 e. The van der Waals surface area contributed by atoms with E-state index in [1.165, 1.54) is 12.1 Å². The summed E-state index contributed by atoms with van der Waals surface area (Å²) >= 11 is 0. The average molecular weight is 240 g/mol. The Bertz CT molecular complexity index is 442. The first kappa shape index (κ1) is 14.6. The summed E-state index contributed by atoms with van der Waals surface area (Å²) in [5.41, 5.74) is 0.477. The molecule has 0 atom stereocenters. The van der Waals surface area contributed by atoms with Gasteiger partial charge in [0.25, 0.3) is 10.1 Å². The molecule has 5 nitrogen and oxygen atoms in total. The van der Waals surface area contributed by atoms with E-state index in [0.29, 0.717) is 5.56 Å². The van der Waals surface area contributed by atoms with Crippen LogP contribution < -0.4 is 29.6 Å². The van der Waals surface area contributed by atoms with Crippen LogP contribution in [0.25, 0.3) is 0 Å². The van der Waals surface area contributed by atoms with Gasteiger partial charge in [0.15, 0.2) is 0 Å². The summed E-state index contributed by atoms with van der Waals surface area (Å²) in [6, 6.07) is 5.01. The average Bonchev–Trinajstić information content (AvgIpc) is 2.02. The molecule has 0 aliphatic heterocycles. The first-order valence-electron chi connectivity index (χ1n) is 3.68. The van der Waals surface area contributed by atoms with E-state index < -0.39 is 16.1 Å². The van der Waals surface area contributed by atoms with Crippen LogP contribution in [-0.2, 0) is 21.3 Å². The van der Waals surface area contributed by atoms with E-state index in [4.69, 9.17) is 9.66 Å². The first-order valence-corrected chi connectivity index (χ1v) is 5.12. The molecule has 0 saturated carbocycles. The van der Waals surface area contributed by atoms with Crippen molar-refractivity contribution in [3.63, 3.8) is 0 Å². The fourth-order valence-corrected chi connectivity index (χ4v) is 1.43. The summed E-state index contributed by atoms with van der Waals surface area (Å²) in [5.74, 6) is -0.996. The largest absolute Gasteiger partial charge is 1.00 e. The predicted molar refractivity (Wildman–Crippen MR) is 48.7 cm³/mol. The zero-order valence-corrected chi connectivity index (χ0v) is 10.9. The molecule has 0 amide bonds. The second kappa shape index (κ2) is 5.62. The summed E-state index contributed by atoms with van der Waals surface area (Å²) in [5, 5.41) is 8.43. The number of carbonyl (C=O) groups is 1. The number of hydrogen-bond donors (Lipinski definition) is 2. The second-order valence-electron chi connectivity index (χ2n) is 2.69. The van der Waals surface area contributed by atoms with Gasteiger partial charge in [-0.05, 0) is 17.7 Å². The molecule has 0 radical (unpaired) electrons. The van der Waals surface area contributed by atoms with Crippen LogP contribution in [0.2, 0.25) is 0 Å². The summed E-state index contributed by atoms with van der Waals surface area (Å²) in [4.78, 5) is 10.0. The summed E-state index contributed by atoms with van der Waals surface area (Å²) in [6.45, 7) is 0. The Morgan fingerprint density at radius 3 is 2.07 bits per heavy atom. The Hall–Kier alpha value is -0.400. The van der Waals surface area contributed by atoms with Crippen LogP contribution in [0.15, 0.2) is 29.2 Å². The van der Waals surface area contributed by atoms with Gasteiger partial charge in [0.1, 0.15) is 0 Å². The van der Waals surface area contributed by atoms with Crippen LogP contribution in [0.4, 0.5) is 0 Å². The molecule has 0 heterocycles. The maximum absolute atomic E-state index is 10.6. The van der Waals surface area contributed by atoms with Crippen LogP contribution >= 0.6 is 0 Å². The van der Waals surface area contributed by atoms with Gasteiger partial charge in [-0.15, -0.1) is 0 Å². The molecular weight excluding hydrogens is 231 g/mol. The van der Waals surface area contributed by atoms with E-state index in [1.54, 1.807) is 0 Å². The molecule has 0 aromatic heterocycles. The van der Waals surface area contributed by atoms with Crippen LogP contribution in [0.3, 0.4) is 0 Å². The Morgan fingerprint density at radius 2 is 1.73 bits per heavy atom. The predicted octanol–water partition coefficient (Wildman–Crippen LogP) is -2.32. The Morgan fingerprint density at radius 1 is 1.27 bits per heavy atom. The zero-order chi connectivity index (χ0) is 10.8. The molecule has 0 fully saturated rings. The SMILES string of the molecule is O=C(O)Cc1ccc(S(=O)(=O)O)cc1.[H-].[Na+]. The molecule has 0 bridgehead atoms. The number of rotatable bonds is 3. The smallest absolute Gasteiger partial charge is 1.00 e. The van der Waals surface area contributed by atoms with Crippen molar-refractivity contribution in [1.82, 2.24) is 0 Å². The van der Waals surface area contributed by atoms with E-state index in [0.717, 1.165) is 12.1 Å². The minimum Gasteiger partial charge on any atom is -1.00 e.